The SMILES string of the molecule is Fc1c(F)c(F)c([Te]c2ccccc2)c(F)c1F. The molecule has 0 fully saturated rings. The molecule has 18 heavy (non-hydrogen) atoms. The molecule has 94 valence electrons. The monoisotopic (exact) mass is 374 g/mol. The van der Waals surface area contributed by atoms with E-state index in [9.17, 15) is 22.0 Å². The molecular weight excluding hydrogens is 367 g/mol. The molecule has 0 amide bonds. The van der Waals surface area contributed by atoms with Gasteiger partial charge in [0.1, 0.15) is 0 Å². The number of hydrogen-bond acceptors (Lipinski definition) is 0. The molecule has 0 bridgehead atoms. The number of halogens is 5. The van der Waals surface area contributed by atoms with E-state index in [0.717, 1.165) is 0 Å². The maximum atomic E-state index is 13.4. The number of hydrogen-bond donors (Lipinski definition) is 0. The van der Waals surface area contributed by atoms with Crippen LogP contribution in [0.25, 0.3) is 0 Å². The molecule has 0 nitrogen and oxygen atoms in total. The summed E-state index contributed by atoms with van der Waals surface area (Å²) >= 11 is -1.66. The van der Waals surface area contributed by atoms with Crippen molar-refractivity contribution in [1.29, 1.82) is 0 Å². The van der Waals surface area contributed by atoms with Crippen molar-refractivity contribution in [3.05, 3.63) is 59.4 Å². The van der Waals surface area contributed by atoms with Crippen LogP contribution in [0, 0.1) is 29.1 Å². The van der Waals surface area contributed by atoms with Crippen LogP contribution in [-0.2, 0) is 0 Å². The molecule has 0 aliphatic rings. The second-order valence-electron chi connectivity index (χ2n) is 3.31. The Balaban J connectivity index is 2.52. The average Bonchev–Trinajstić information content (AvgIpc) is 2.40. The van der Waals surface area contributed by atoms with E-state index in [0.29, 0.717) is 3.61 Å². The molecular formula is C12H5F5Te. The van der Waals surface area contributed by atoms with Gasteiger partial charge < -0.3 is 0 Å². The van der Waals surface area contributed by atoms with E-state index in [4.69, 9.17) is 0 Å². The van der Waals surface area contributed by atoms with E-state index >= 15 is 0 Å². The minimum atomic E-state index is -2.12. The van der Waals surface area contributed by atoms with E-state index in [-0.39, 0.29) is 0 Å². The van der Waals surface area contributed by atoms with Gasteiger partial charge >= 0.3 is 110 Å². The number of rotatable bonds is 2. The van der Waals surface area contributed by atoms with Crippen molar-refractivity contribution in [2.75, 3.05) is 0 Å². The van der Waals surface area contributed by atoms with Gasteiger partial charge in [-0.3, -0.25) is 0 Å². The Hall–Kier alpha value is -1.12. The van der Waals surface area contributed by atoms with Gasteiger partial charge in [0.25, 0.3) is 0 Å². The van der Waals surface area contributed by atoms with Crippen LogP contribution in [-0.4, -0.2) is 20.9 Å². The van der Waals surface area contributed by atoms with Gasteiger partial charge in [0.15, 0.2) is 0 Å². The zero-order valence-electron chi connectivity index (χ0n) is 8.68. The summed E-state index contributed by atoms with van der Waals surface area (Å²) < 4.78 is 65.5. The van der Waals surface area contributed by atoms with E-state index in [2.05, 4.69) is 0 Å². The van der Waals surface area contributed by atoms with Crippen LogP contribution in [0.5, 0.6) is 0 Å². The molecule has 0 aliphatic heterocycles. The van der Waals surface area contributed by atoms with Crippen LogP contribution in [0.2, 0.25) is 0 Å². The summed E-state index contributed by atoms with van der Waals surface area (Å²) in [6.07, 6.45) is 0. The zero-order chi connectivity index (χ0) is 13.3. The van der Waals surface area contributed by atoms with Gasteiger partial charge in [-0.15, -0.1) is 0 Å². The summed E-state index contributed by atoms with van der Waals surface area (Å²) in [5.41, 5.74) is 0. The standard InChI is InChI=1S/C12H5F5Te/c13-7-8(14)10(16)12(11(17)9(7)15)18-6-4-2-1-3-5-6/h1-5H. The normalized spacial score (nSPS) is 10.7. The van der Waals surface area contributed by atoms with Crippen molar-refractivity contribution in [1.82, 2.24) is 0 Å². The summed E-state index contributed by atoms with van der Waals surface area (Å²) in [5, 5.41) is 0. The van der Waals surface area contributed by atoms with Crippen LogP contribution < -0.4 is 7.22 Å². The minimum absolute atomic E-state index is 0.589. The molecule has 0 aromatic heterocycles. The van der Waals surface area contributed by atoms with Crippen molar-refractivity contribution in [3.63, 3.8) is 0 Å². The molecule has 2 aromatic rings. The Morgan fingerprint density at radius 3 is 1.56 bits per heavy atom. The Morgan fingerprint density at radius 1 is 0.611 bits per heavy atom. The number of benzene rings is 2. The molecule has 0 spiro atoms. The first-order chi connectivity index (χ1) is 8.52. The molecule has 0 aliphatic carbocycles. The predicted molar refractivity (Wildman–Crippen MR) is 57.7 cm³/mol. The van der Waals surface area contributed by atoms with Gasteiger partial charge in [-0.1, -0.05) is 0 Å². The molecule has 0 heterocycles. The first-order valence-electron chi connectivity index (χ1n) is 4.76. The molecule has 0 radical (unpaired) electrons. The fourth-order valence-electron chi connectivity index (χ4n) is 1.28. The molecule has 2 rings (SSSR count). The molecule has 6 heteroatoms. The van der Waals surface area contributed by atoms with Gasteiger partial charge in [-0.2, -0.15) is 0 Å². The first kappa shape index (κ1) is 13.3. The Morgan fingerprint density at radius 2 is 1.06 bits per heavy atom. The molecule has 2 aromatic carbocycles. The predicted octanol–water partition coefficient (Wildman–Crippen LogP) is 2.04. The third-order valence-electron chi connectivity index (χ3n) is 2.13. The Kier molecular flexibility index (Phi) is 3.88. The van der Waals surface area contributed by atoms with Crippen molar-refractivity contribution in [2.24, 2.45) is 0 Å². The van der Waals surface area contributed by atoms with E-state index < -0.39 is 53.6 Å². The van der Waals surface area contributed by atoms with E-state index in [1.807, 2.05) is 0 Å². The Labute approximate surface area is 110 Å². The summed E-state index contributed by atoms with van der Waals surface area (Å²) in [6, 6.07) is 8.19. The first-order valence-corrected chi connectivity index (χ1v) is 7.09. The van der Waals surface area contributed by atoms with Gasteiger partial charge in [0.2, 0.25) is 0 Å². The fraction of sp³-hybridized carbons (Fsp3) is 0. The quantitative estimate of drug-likeness (QED) is 0.328. The zero-order valence-corrected chi connectivity index (χ0v) is 11.0. The molecule has 0 saturated carbocycles. The van der Waals surface area contributed by atoms with Gasteiger partial charge in [0.05, 0.1) is 0 Å². The molecule has 0 saturated heterocycles. The van der Waals surface area contributed by atoms with Gasteiger partial charge in [-0.05, 0) is 0 Å². The average molecular weight is 372 g/mol. The second-order valence-corrected chi connectivity index (χ2v) is 6.41. The van der Waals surface area contributed by atoms with Crippen LogP contribution >= 0.6 is 0 Å². The third-order valence-corrected chi connectivity index (χ3v) is 5.19. The van der Waals surface area contributed by atoms with Crippen molar-refractivity contribution >= 4 is 28.1 Å². The molecule has 0 N–H and O–H groups in total. The van der Waals surface area contributed by atoms with Gasteiger partial charge in [-0.25, -0.2) is 0 Å². The van der Waals surface area contributed by atoms with Gasteiger partial charge in [0, 0.05) is 0 Å². The third kappa shape index (κ3) is 2.36. The summed E-state index contributed by atoms with van der Waals surface area (Å²) in [7, 11) is 0. The second kappa shape index (κ2) is 5.25. The van der Waals surface area contributed by atoms with E-state index in [1.54, 1.807) is 30.3 Å². The van der Waals surface area contributed by atoms with Crippen molar-refractivity contribution in [2.45, 2.75) is 0 Å². The summed E-state index contributed by atoms with van der Waals surface area (Å²) in [6.45, 7) is 0. The van der Waals surface area contributed by atoms with Crippen LogP contribution in [0.3, 0.4) is 0 Å². The van der Waals surface area contributed by atoms with Crippen LogP contribution in [0.1, 0.15) is 0 Å². The molecule has 0 atom stereocenters. The fourth-order valence-corrected chi connectivity index (χ4v) is 3.81. The maximum absolute atomic E-state index is 13.4. The topological polar surface area (TPSA) is 0 Å². The summed E-state index contributed by atoms with van der Waals surface area (Å²) in [5.74, 6) is -9.33. The van der Waals surface area contributed by atoms with E-state index in [1.165, 1.54) is 0 Å². The molecule has 0 unspecified atom stereocenters. The summed E-state index contributed by atoms with van der Waals surface area (Å²) in [4.78, 5) is 0. The van der Waals surface area contributed by atoms with Crippen LogP contribution in [0.15, 0.2) is 30.3 Å². The Bertz CT molecular complexity index is 554. The van der Waals surface area contributed by atoms with Crippen molar-refractivity contribution in [3.8, 4) is 0 Å². The van der Waals surface area contributed by atoms with Crippen molar-refractivity contribution < 1.29 is 22.0 Å². The van der Waals surface area contributed by atoms with Crippen LogP contribution in [0.4, 0.5) is 22.0 Å².